The van der Waals surface area contributed by atoms with Crippen molar-refractivity contribution in [1.82, 2.24) is 15.5 Å². The number of amides is 4. The molecule has 1 saturated heterocycles. The Bertz CT molecular complexity index is 722. The van der Waals surface area contributed by atoms with Gasteiger partial charge in [-0.3, -0.25) is 14.5 Å². The smallest absolute Gasteiger partial charge is 0.325 e. The van der Waals surface area contributed by atoms with Crippen LogP contribution < -0.4 is 10.6 Å². The lowest BCUT2D eigenvalue weighted by Crippen LogP contribution is -2.54. The highest BCUT2D eigenvalue weighted by Gasteiger charge is 2.55. The summed E-state index contributed by atoms with van der Waals surface area (Å²) < 4.78 is 0. The molecule has 2 atom stereocenters. The molecule has 0 bridgehead atoms. The van der Waals surface area contributed by atoms with Gasteiger partial charge in [0.2, 0.25) is 5.91 Å². The number of nitrogens with one attached hydrogen (secondary N) is 2. The lowest BCUT2D eigenvalue weighted by molar-refractivity contribution is -0.137. The van der Waals surface area contributed by atoms with E-state index in [-0.39, 0.29) is 24.3 Å². The average Bonchev–Trinajstić information content (AvgIpc) is 2.88. The Balaban J connectivity index is 1.47. The van der Waals surface area contributed by atoms with Crippen LogP contribution in [0, 0.1) is 12.8 Å². The summed E-state index contributed by atoms with van der Waals surface area (Å²) in [6, 6.07) is 7.78. The normalized spacial score (nSPS) is 25.0. The lowest BCUT2D eigenvalue weighted by atomic mass is 9.73. The van der Waals surface area contributed by atoms with Gasteiger partial charge in [0.1, 0.15) is 12.1 Å². The zero-order valence-electron chi connectivity index (χ0n) is 15.9. The Morgan fingerprint density at radius 2 is 2.04 bits per heavy atom. The monoisotopic (exact) mass is 389 g/mol. The van der Waals surface area contributed by atoms with E-state index in [2.05, 4.69) is 34.9 Å². The third-order valence-corrected chi connectivity index (χ3v) is 6.53. The van der Waals surface area contributed by atoms with Crippen LogP contribution in [0.1, 0.15) is 38.2 Å². The molecule has 1 aromatic rings. The largest absolute Gasteiger partial charge is 0.354 e. The fourth-order valence-corrected chi connectivity index (χ4v) is 4.60. The van der Waals surface area contributed by atoms with Gasteiger partial charge < -0.3 is 10.6 Å². The van der Waals surface area contributed by atoms with Gasteiger partial charge in [-0.1, -0.05) is 37.5 Å². The van der Waals surface area contributed by atoms with Crippen LogP contribution in [-0.4, -0.2) is 47.1 Å². The van der Waals surface area contributed by atoms with Crippen LogP contribution in [0.15, 0.2) is 29.2 Å². The summed E-state index contributed by atoms with van der Waals surface area (Å²) >= 11 is 1.66. The van der Waals surface area contributed by atoms with Crippen molar-refractivity contribution >= 4 is 29.6 Å². The van der Waals surface area contributed by atoms with E-state index in [4.69, 9.17) is 0 Å². The van der Waals surface area contributed by atoms with Crippen LogP contribution in [0.5, 0.6) is 0 Å². The first-order chi connectivity index (χ1) is 12.9. The van der Waals surface area contributed by atoms with E-state index in [0.29, 0.717) is 13.0 Å². The molecule has 6 nitrogen and oxygen atoms in total. The molecule has 1 aliphatic heterocycles. The van der Waals surface area contributed by atoms with E-state index in [1.807, 2.05) is 13.8 Å². The molecule has 4 amide bonds. The molecule has 146 valence electrons. The van der Waals surface area contributed by atoms with Crippen molar-refractivity contribution in [3.05, 3.63) is 29.8 Å². The molecular formula is C20H27N3O3S. The number of aryl methyl sites for hydroxylation is 1. The van der Waals surface area contributed by atoms with Crippen LogP contribution >= 0.6 is 11.8 Å². The van der Waals surface area contributed by atoms with Crippen LogP contribution in [0.2, 0.25) is 0 Å². The van der Waals surface area contributed by atoms with Crippen molar-refractivity contribution < 1.29 is 14.4 Å². The molecule has 1 aromatic carbocycles. The van der Waals surface area contributed by atoms with Gasteiger partial charge in [-0.2, -0.15) is 0 Å². The molecule has 1 aliphatic carbocycles. The number of carbonyl (C=O) groups excluding carboxylic acids is 3. The van der Waals surface area contributed by atoms with Crippen LogP contribution in [0.3, 0.4) is 0 Å². The SMILES string of the molecule is Cc1ccc(SCCNC(=O)CN2C(=O)NC3(CCCCC3C)C2=O)cc1. The van der Waals surface area contributed by atoms with Gasteiger partial charge in [0, 0.05) is 17.2 Å². The van der Waals surface area contributed by atoms with Crippen LogP contribution in [-0.2, 0) is 9.59 Å². The number of hydrogen-bond donors (Lipinski definition) is 2. The molecule has 2 aliphatic rings. The van der Waals surface area contributed by atoms with E-state index in [1.54, 1.807) is 11.8 Å². The molecule has 1 heterocycles. The maximum atomic E-state index is 12.8. The predicted octanol–water partition coefficient (Wildman–Crippen LogP) is 2.70. The fraction of sp³-hybridized carbons (Fsp3) is 0.550. The number of rotatable bonds is 6. The van der Waals surface area contributed by atoms with Gasteiger partial charge in [0.25, 0.3) is 5.91 Å². The molecule has 27 heavy (non-hydrogen) atoms. The molecule has 3 rings (SSSR count). The van der Waals surface area contributed by atoms with Gasteiger partial charge in [0.05, 0.1) is 0 Å². The molecular weight excluding hydrogens is 362 g/mol. The molecule has 2 fully saturated rings. The van der Waals surface area contributed by atoms with Gasteiger partial charge in [-0.05, 0) is 37.8 Å². The topological polar surface area (TPSA) is 78.5 Å². The van der Waals surface area contributed by atoms with Gasteiger partial charge >= 0.3 is 6.03 Å². The zero-order chi connectivity index (χ0) is 19.4. The first-order valence-corrected chi connectivity index (χ1v) is 10.5. The summed E-state index contributed by atoms with van der Waals surface area (Å²) in [6.45, 7) is 4.32. The predicted molar refractivity (Wildman–Crippen MR) is 106 cm³/mol. The summed E-state index contributed by atoms with van der Waals surface area (Å²) in [5, 5.41) is 5.67. The molecule has 2 unspecified atom stereocenters. The van der Waals surface area contributed by atoms with E-state index in [0.717, 1.165) is 34.8 Å². The molecule has 0 aromatic heterocycles. The van der Waals surface area contributed by atoms with Crippen molar-refractivity contribution in [2.45, 2.75) is 50.0 Å². The van der Waals surface area contributed by atoms with E-state index < -0.39 is 11.6 Å². The highest BCUT2D eigenvalue weighted by Crippen LogP contribution is 2.38. The zero-order valence-corrected chi connectivity index (χ0v) is 16.7. The second-order valence-corrected chi connectivity index (χ2v) is 8.62. The minimum atomic E-state index is -0.809. The van der Waals surface area contributed by atoms with Crippen molar-refractivity contribution in [1.29, 1.82) is 0 Å². The summed E-state index contributed by atoms with van der Waals surface area (Å²) in [5.41, 5.74) is 0.406. The van der Waals surface area contributed by atoms with E-state index in [9.17, 15) is 14.4 Å². The summed E-state index contributed by atoms with van der Waals surface area (Å²) in [6.07, 6.45) is 3.57. The molecule has 1 saturated carbocycles. The number of urea groups is 1. The number of hydrogen-bond acceptors (Lipinski definition) is 4. The Morgan fingerprint density at radius 3 is 2.74 bits per heavy atom. The van der Waals surface area contributed by atoms with Gasteiger partial charge in [0.15, 0.2) is 0 Å². The Morgan fingerprint density at radius 1 is 1.30 bits per heavy atom. The minimum Gasteiger partial charge on any atom is -0.354 e. The number of thioether (sulfide) groups is 1. The maximum Gasteiger partial charge on any atom is 0.325 e. The highest BCUT2D eigenvalue weighted by atomic mass is 32.2. The Labute approximate surface area is 164 Å². The summed E-state index contributed by atoms with van der Waals surface area (Å²) in [7, 11) is 0. The molecule has 2 N–H and O–H groups in total. The number of nitrogens with zero attached hydrogens (tertiary/aromatic N) is 1. The third-order valence-electron chi connectivity index (χ3n) is 5.52. The van der Waals surface area contributed by atoms with Gasteiger partial charge in [-0.15, -0.1) is 11.8 Å². The Hall–Kier alpha value is -2.02. The second kappa shape index (κ2) is 8.33. The molecule has 7 heteroatoms. The quantitative estimate of drug-likeness (QED) is 0.445. The van der Waals surface area contributed by atoms with Crippen molar-refractivity contribution in [3.63, 3.8) is 0 Å². The van der Waals surface area contributed by atoms with Crippen molar-refractivity contribution in [3.8, 4) is 0 Å². The summed E-state index contributed by atoms with van der Waals surface area (Å²) in [4.78, 5) is 39.6. The summed E-state index contributed by atoms with van der Waals surface area (Å²) in [5.74, 6) is 0.282. The third kappa shape index (κ3) is 4.29. The van der Waals surface area contributed by atoms with Crippen LogP contribution in [0.25, 0.3) is 0 Å². The highest BCUT2D eigenvalue weighted by molar-refractivity contribution is 7.99. The van der Waals surface area contributed by atoms with E-state index in [1.165, 1.54) is 5.56 Å². The molecule has 1 spiro atoms. The average molecular weight is 390 g/mol. The van der Waals surface area contributed by atoms with Gasteiger partial charge in [-0.25, -0.2) is 4.79 Å². The minimum absolute atomic E-state index is 0.0988. The molecule has 0 radical (unpaired) electrons. The fourth-order valence-electron chi connectivity index (χ4n) is 3.83. The second-order valence-electron chi connectivity index (χ2n) is 7.45. The van der Waals surface area contributed by atoms with Crippen LogP contribution in [0.4, 0.5) is 4.79 Å². The number of carbonyl (C=O) groups is 3. The Kier molecular flexibility index (Phi) is 6.09. The standard InChI is InChI=1S/C20H27N3O3S/c1-14-6-8-16(9-7-14)27-12-11-21-17(24)13-23-18(25)20(22-19(23)26)10-4-3-5-15(20)2/h6-9,15H,3-5,10-13H2,1-2H3,(H,21,24)(H,22,26). The van der Waals surface area contributed by atoms with E-state index >= 15 is 0 Å². The maximum absolute atomic E-state index is 12.8. The number of imide groups is 1. The number of benzene rings is 1. The first-order valence-electron chi connectivity index (χ1n) is 9.52. The first kappa shape index (κ1) is 19.7. The van der Waals surface area contributed by atoms with Crippen molar-refractivity contribution in [2.75, 3.05) is 18.8 Å². The van der Waals surface area contributed by atoms with Crippen molar-refractivity contribution in [2.24, 2.45) is 5.92 Å². The lowest BCUT2D eigenvalue weighted by Gasteiger charge is -2.36.